The number of carbonyl (C=O) groups excluding carboxylic acids is 2. The number of aliphatic hydroxyl groups excluding tert-OH is 4. The largest absolute Gasteiger partial charge is 0.483 e. The lowest BCUT2D eigenvalue weighted by atomic mass is 9.56. The molecule has 0 spiro atoms. The lowest BCUT2D eigenvalue weighted by Gasteiger charge is -2.50. The Balaban J connectivity index is 1.04. The summed E-state index contributed by atoms with van der Waals surface area (Å²) in [5.41, 5.74) is 6.37. The molecule has 12 heteroatoms. The average molecular weight is 1060 g/mol. The van der Waals surface area contributed by atoms with Crippen LogP contribution in [-0.4, -0.2) is 70.7 Å². The van der Waals surface area contributed by atoms with Gasteiger partial charge in [-0.3, -0.25) is 4.79 Å². The molecule has 9 unspecified atom stereocenters. The molecule has 2 fully saturated rings. The molecule has 12 rings (SSSR count). The fourth-order valence-electron chi connectivity index (χ4n) is 14.8. The highest BCUT2D eigenvalue weighted by Gasteiger charge is 2.57. The molecular weight excluding hydrogens is 985 g/mol. The van der Waals surface area contributed by atoms with Crippen molar-refractivity contribution < 1.29 is 53.4 Å². The molecule has 4 heterocycles. The van der Waals surface area contributed by atoms with E-state index in [0.29, 0.717) is 41.0 Å². The molecule has 4 N–H and O–H groups in total. The quantitative estimate of drug-likeness (QED) is 0.0323. The fourth-order valence-corrected chi connectivity index (χ4v) is 14.8. The molecule has 2 bridgehead atoms. The van der Waals surface area contributed by atoms with E-state index in [4.69, 9.17) is 23.4 Å². The lowest BCUT2D eigenvalue weighted by Crippen LogP contribution is -2.58. The molecule has 5 aromatic rings. The second-order valence-corrected chi connectivity index (χ2v) is 23.1. The molecule has 3 aliphatic heterocycles. The van der Waals surface area contributed by atoms with Crippen LogP contribution in [0.15, 0.2) is 124 Å². The highest BCUT2D eigenvalue weighted by atomic mass is 16.6. The summed E-state index contributed by atoms with van der Waals surface area (Å²) in [6.07, 6.45) is 17.2. The number of benzene rings is 4. The molecule has 0 radical (unpaired) electrons. The number of allylic oxidation sites excluding steroid dienone is 3. The van der Waals surface area contributed by atoms with Gasteiger partial charge in [-0.2, -0.15) is 0 Å². The first kappa shape index (κ1) is 53.8. The lowest BCUT2D eigenvalue weighted by molar-refractivity contribution is -0.201. The zero-order chi connectivity index (χ0) is 54.1. The number of ether oxygens (including phenoxy) is 4. The number of carbonyl (C=O) groups is 2. The van der Waals surface area contributed by atoms with Gasteiger partial charge in [-0.25, -0.2) is 9.59 Å². The van der Waals surface area contributed by atoms with Crippen LogP contribution in [-0.2, 0) is 42.2 Å². The molecule has 7 aliphatic rings. The highest BCUT2D eigenvalue weighted by molar-refractivity contribution is 5.90. The standard InChI is InChI=1S/C66H74O12/c1-40(36-68)51-26-20-41-18-21-42(22-19-41)52-27-24-45(44-12-10-16-50(34-44)66-31-9-8-15-49(66)25-23-43-11-6-7-17-55(43)66)33-47(52)35-57(71)75-61-59-56(78-65(2,62(61)77-63(51)72)48-13-4-3-5-14-48)29-28-53-54(37-69)58(64(73)76-60(53)59)46(30-32-67)38-74-39-70/h6-7,10-12,16-19,21-25,27-29,34,45-49,52,61-62,67-70H,3-5,8-9,13-15,20,26,30-33,35-39H2,1-2H3. The Kier molecular flexibility index (Phi) is 15.8. The van der Waals surface area contributed by atoms with E-state index in [1.54, 1.807) is 19.1 Å². The monoisotopic (exact) mass is 1060 g/mol. The van der Waals surface area contributed by atoms with Gasteiger partial charge in [0.25, 0.3) is 0 Å². The van der Waals surface area contributed by atoms with Crippen LogP contribution >= 0.6 is 0 Å². The van der Waals surface area contributed by atoms with Crippen molar-refractivity contribution in [1.82, 2.24) is 0 Å². The van der Waals surface area contributed by atoms with Gasteiger partial charge in [0.1, 0.15) is 23.7 Å². The van der Waals surface area contributed by atoms with Crippen molar-refractivity contribution >= 4 is 29.0 Å². The summed E-state index contributed by atoms with van der Waals surface area (Å²) >= 11 is 0. The van der Waals surface area contributed by atoms with E-state index in [1.165, 1.54) is 28.7 Å². The smallest absolute Gasteiger partial charge is 0.340 e. The van der Waals surface area contributed by atoms with Crippen molar-refractivity contribution in [2.24, 2.45) is 17.8 Å². The molecule has 78 heavy (non-hydrogen) atoms. The van der Waals surface area contributed by atoms with E-state index in [1.807, 2.05) is 6.92 Å². The number of aliphatic hydroxyl groups is 4. The molecule has 4 aromatic carbocycles. The maximum absolute atomic E-state index is 15.5. The predicted molar refractivity (Wildman–Crippen MR) is 297 cm³/mol. The SMILES string of the molecule is CC(CO)=C1CCc2ccc(cc2)C2C=CC(c3cccc(C45CCCCC4C=Cc4ccccc45)c3)CC2CC(=O)OC2c3c(ccc4c(CO)c(C(CCO)COCO)c(=O)oc34)OC(C)(C3CCCCC3)C2OC1=O. The number of esters is 2. The molecule has 0 amide bonds. The van der Waals surface area contributed by atoms with Gasteiger partial charge in [0.05, 0.1) is 25.4 Å². The van der Waals surface area contributed by atoms with Crippen LogP contribution in [0.4, 0.5) is 0 Å². The zero-order valence-electron chi connectivity index (χ0n) is 45.0. The topological polar surface area (TPSA) is 182 Å². The second-order valence-electron chi connectivity index (χ2n) is 23.1. The molecule has 12 nitrogen and oxygen atoms in total. The Hall–Kier alpha value is -6.15. The predicted octanol–water partition coefficient (Wildman–Crippen LogP) is 11.2. The number of fused-ring (bicyclic) bond motifs is 14. The minimum absolute atomic E-state index is 0.00564. The summed E-state index contributed by atoms with van der Waals surface area (Å²) in [5.74, 6) is -1.77. The first-order valence-electron chi connectivity index (χ1n) is 28.6. The van der Waals surface area contributed by atoms with Crippen molar-refractivity contribution in [3.63, 3.8) is 0 Å². The molecule has 1 aromatic heterocycles. The maximum atomic E-state index is 15.5. The Bertz CT molecular complexity index is 3180. The van der Waals surface area contributed by atoms with Gasteiger partial charge in [-0.15, -0.1) is 0 Å². The number of aryl methyl sites for hydroxylation is 1. The van der Waals surface area contributed by atoms with E-state index in [0.717, 1.165) is 62.5 Å². The fraction of sp³-hybridized carbons (Fsp3) is 0.470. The summed E-state index contributed by atoms with van der Waals surface area (Å²) in [5, 5.41) is 41.7. The maximum Gasteiger partial charge on any atom is 0.340 e. The van der Waals surface area contributed by atoms with E-state index in [9.17, 15) is 25.2 Å². The second kappa shape index (κ2) is 22.9. The van der Waals surface area contributed by atoms with Crippen molar-refractivity contribution in [1.29, 1.82) is 0 Å². The van der Waals surface area contributed by atoms with Crippen molar-refractivity contribution in [2.45, 2.75) is 151 Å². The summed E-state index contributed by atoms with van der Waals surface area (Å²) in [7, 11) is 0. The van der Waals surface area contributed by atoms with Gasteiger partial charge < -0.3 is 43.8 Å². The normalized spacial score (nSPS) is 28.3. The van der Waals surface area contributed by atoms with Gasteiger partial charge in [0, 0.05) is 58.6 Å². The minimum atomic E-state index is -1.35. The summed E-state index contributed by atoms with van der Waals surface area (Å²) < 4.78 is 32.5. The van der Waals surface area contributed by atoms with E-state index in [2.05, 4.69) is 97.1 Å². The van der Waals surface area contributed by atoms with Gasteiger partial charge in [0.2, 0.25) is 0 Å². The number of hydrogen-bond donors (Lipinski definition) is 4. The number of hydrogen-bond acceptors (Lipinski definition) is 12. The Morgan fingerprint density at radius 2 is 1.63 bits per heavy atom. The molecular formula is C66H74O12. The van der Waals surface area contributed by atoms with Crippen molar-refractivity contribution in [2.75, 3.05) is 26.6 Å². The highest BCUT2D eigenvalue weighted by Crippen LogP contribution is 2.55. The molecule has 0 saturated heterocycles. The first-order chi connectivity index (χ1) is 38.0. The molecule has 2 saturated carbocycles. The third-order valence-electron chi connectivity index (χ3n) is 18.9. The van der Waals surface area contributed by atoms with Crippen LogP contribution < -0.4 is 10.4 Å². The van der Waals surface area contributed by atoms with Gasteiger partial charge >= 0.3 is 17.6 Å². The summed E-state index contributed by atoms with van der Waals surface area (Å²) in [6, 6.07) is 29.9. The molecule has 4 aliphatic carbocycles. The van der Waals surface area contributed by atoms with Crippen LogP contribution in [0.5, 0.6) is 5.75 Å². The van der Waals surface area contributed by atoms with Crippen molar-refractivity contribution in [3.8, 4) is 5.75 Å². The summed E-state index contributed by atoms with van der Waals surface area (Å²) in [6.45, 7) is 1.62. The van der Waals surface area contributed by atoms with E-state index >= 15 is 9.59 Å². The Morgan fingerprint density at radius 3 is 2.41 bits per heavy atom. The van der Waals surface area contributed by atoms with Gasteiger partial charge in [-0.1, -0.05) is 129 Å². The van der Waals surface area contributed by atoms with Crippen LogP contribution in [0.25, 0.3) is 17.0 Å². The van der Waals surface area contributed by atoms with E-state index < -0.39 is 54.7 Å². The number of rotatable bonds is 11. The summed E-state index contributed by atoms with van der Waals surface area (Å²) in [4.78, 5) is 45.0. The van der Waals surface area contributed by atoms with Crippen LogP contribution in [0.3, 0.4) is 0 Å². The van der Waals surface area contributed by atoms with Crippen molar-refractivity contribution in [3.05, 3.63) is 175 Å². The molecule has 410 valence electrons. The Labute approximate surface area is 456 Å². The van der Waals surface area contributed by atoms with Crippen LogP contribution in [0.1, 0.15) is 171 Å². The van der Waals surface area contributed by atoms with Crippen LogP contribution in [0, 0.1) is 17.8 Å². The van der Waals surface area contributed by atoms with Gasteiger partial charge in [0.15, 0.2) is 12.2 Å². The third-order valence-corrected chi connectivity index (χ3v) is 18.9. The van der Waals surface area contributed by atoms with Crippen LogP contribution in [0.2, 0.25) is 0 Å². The average Bonchev–Trinajstić information content (AvgIpc) is 3.49. The van der Waals surface area contributed by atoms with E-state index in [-0.39, 0.29) is 90.4 Å². The Morgan fingerprint density at radius 1 is 0.821 bits per heavy atom. The third kappa shape index (κ3) is 9.90. The minimum Gasteiger partial charge on any atom is -0.483 e. The zero-order valence-corrected chi connectivity index (χ0v) is 45.0. The molecule has 9 atom stereocenters. The first-order valence-corrected chi connectivity index (χ1v) is 28.6. The van der Waals surface area contributed by atoms with Gasteiger partial charge in [-0.05, 0) is 134 Å².